The summed E-state index contributed by atoms with van der Waals surface area (Å²) in [7, 11) is 0. The lowest BCUT2D eigenvalue weighted by Gasteiger charge is -2.08. The zero-order chi connectivity index (χ0) is 16.2. The van der Waals surface area contributed by atoms with Crippen molar-refractivity contribution < 1.29 is 22.7 Å². The summed E-state index contributed by atoms with van der Waals surface area (Å²) in [5, 5.41) is 2.48. The molecule has 8 heteroatoms. The van der Waals surface area contributed by atoms with E-state index in [1.165, 1.54) is 18.5 Å². The van der Waals surface area contributed by atoms with Crippen LogP contribution in [0.2, 0.25) is 0 Å². The van der Waals surface area contributed by atoms with Crippen LogP contribution >= 0.6 is 0 Å². The van der Waals surface area contributed by atoms with Gasteiger partial charge in [-0.25, -0.2) is 4.98 Å². The topological polar surface area (TPSA) is 64.1 Å². The maximum Gasteiger partial charge on any atom is 0.417 e. The van der Waals surface area contributed by atoms with E-state index in [0.717, 1.165) is 18.2 Å². The van der Waals surface area contributed by atoms with Gasteiger partial charge in [0, 0.05) is 18.3 Å². The van der Waals surface area contributed by atoms with Crippen LogP contribution in [0.5, 0.6) is 11.6 Å². The predicted molar refractivity (Wildman–Crippen MR) is 72.4 cm³/mol. The molecule has 0 bridgehead atoms. The van der Waals surface area contributed by atoms with E-state index in [0.29, 0.717) is 11.9 Å². The Morgan fingerprint density at radius 2 is 2.05 bits per heavy atom. The van der Waals surface area contributed by atoms with Crippen LogP contribution in [0.1, 0.15) is 5.56 Å². The zero-order valence-corrected chi connectivity index (χ0v) is 11.1. The van der Waals surface area contributed by atoms with Crippen LogP contribution in [0.25, 0.3) is 0 Å². The van der Waals surface area contributed by atoms with E-state index in [1.54, 1.807) is 0 Å². The van der Waals surface area contributed by atoms with E-state index >= 15 is 0 Å². The summed E-state index contributed by atoms with van der Waals surface area (Å²) < 4.78 is 42.5. The van der Waals surface area contributed by atoms with Gasteiger partial charge in [-0.2, -0.15) is 13.2 Å². The van der Waals surface area contributed by atoms with Crippen LogP contribution in [0, 0.1) is 0 Å². The standard InChI is InChI=1S/C14H10F3N3O2/c1-2-12(21)20-10-5-11(8-18-7-10)22-13-4-3-9(6-19-13)14(15,16)17/h2-8H,1H2,(H,20,21). The number of amides is 1. The van der Waals surface area contributed by atoms with Crippen molar-refractivity contribution in [3.05, 3.63) is 55.0 Å². The highest BCUT2D eigenvalue weighted by Gasteiger charge is 2.30. The number of hydrogen-bond acceptors (Lipinski definition) is 4. The molecule has 0 aliphatic rings. The number of anilines is 1. The van der Waals surface area contributed by atoms with Crippen LogP contribution in [0.15, 0.2) is 49.4 Å². The van der Waals surface area contributed by atoms with E-state index in [4.69, 9.17) is 4.74 Å². The smallest absolute Gasteiger partial charge is 0.417 e. The lowest BCUT2D eigenvalue weighted by atomic mass is 10.3. The van der Waals surface area contributed by atoms with Crippen LogP contribution in [-0.2, 0) is 11.0 Å². The molecule has 1 N–H and O–H groups in total. The average molecular weight is 309 g/mol. The summed E-state index contributed by atoms with van der Waals surface area (Å²) in [6, 6.07) is 3.41. The molecule has 2 aromatic heterocycles. The van der Waals surface area contributed by atoms with Gasteiger partial charge in [0.1, 0.15) is 5.75 Å². The van der Waals surface area contributed by atoms with Gasteiger partial charge in [0.05, 0.1) is 23.6 Å². The maximum absolute atomic E-state index is 12.4. The molecule has 2 aromatic rings. The third-order valence-electron chi connectivity index (χ3n) is 2.45. The molecule has 114 valence electrons. The van der Waals surface area contributed by atoms with Crippen molar-refractivity contribution in [1.82, 2.24) is 9.97 Å². The number of halogens is 3. The third-order valence-corrected chi connectivity index (χ3v) is 2.45. The van der Waals surface area contributed by atoms with E-state index < -0.39 is 17.6 Å². The van der Waals surface area contributed by atoms with Gasteiger partial charge in [-0.3, -0.25) is 9.78 Å². The fourth-order valence-corrected chi connectivity index (χ4v) is 1.47. The number of aromatic nitrogens is 2. The van der Waals surface area contributed by atoms with E-state index in [-0.39, 0.29) is 11.6 Å². The van der Waals surface area contributed by atoms with Gasteiger partial charge in [0.15, 0.2) is 0 Å². The summed E-state index contributed by atoms with van der Waals surface area (Å²) in [5.41, 5.74) is -0.515. The van der Waals surface area contributed by atoms with E-state index in [2.05, 4.69) is 21.9 Å². The quantitative estimate of drug-likeness (QED) is 0.879. The second-order valence-electron chi connectivity index (χ2n) is 4.09. The van der Waals surface area contributed by atoms with Crippen LogP contribution in [0.4, 0.5) is 18.9 Å². The molecule has 1 amide bonds. The summed E-state index contributed by atoms with van der Waals surface area (Å²) in [4.78, 5) is 18.6. The number of nitrogens with one attached hydrogen (secondary N) is 1. The highest BCUT2D eigenvalue weighted by molar-refractivity contribution is 5.98. The molecular weight excluding hydrogens is 299 g/mol. The van der Waals surface area contributed by atoms with Crippen LogP contribution in [0.3, 0.4) is 0 Å². The lowest BCUT2D eigenvalue weighted by Crippen LogP contribution is -2.07. The van der Waals surface area contributed by atoms with Crippen molar-refractivity contribution in [2.75, 3.05) is 5.32 Å². The highest BCUT2D eigenvalue weighted by atomic mass is 19.4. The van der Waals surface area contributed by atoms with Gasteiger partial charge in [-0.05, 0) is 12.1 Å². The molecule has 0 aliphatic heterocycles. The summed E-state index contributed by atoms with van der Waals surface area (Å²) in [6.07, 6.45) is 0.0242. The number of carbonyl (C=O) groups is 1. The predicted octanol–water partition coefficient (Wildman–Crippen LogP) is 3.41. The zero-order valence-electron chi connectivity index (χ0n) is 11.1. The highest BCUT2D eigenvalue weighted by Crippen LogP contribution is 2.30. The van der Waals surface area contributed by atoms with Crippen molar-refractivity contribution in [3.8, 4) is 11.6 Å². The van der Waals surface area contributed by atoms with Crippen molar-refractivity contribution in [2.24, 2.45) is 0 Å². The van der Waals surface area contributed by atoms with Crippen molar-refractivity contribution in [3.63, 3.8) is 0 Å². The number of carbonyl (C=O) groups excluding carboxylic acids is 1. The van der Waals surface area contributed by atoms with E-state index in [1.807, 2.05) is 0 Å². The number of rotatable bonds is 4. The van der Waals surface area contributed by atoms with Gasteiger partial charge in [0.25, 0.3) is 0 Å². The number of nitrogens with zero attached hydrogens (tertiary/aromatic N) is 2. The molecular formula is C14H10F3N3O2. The van der Waals surface area contributed by atoms with Crippen molar-refractivity contribution in [1.29, 1.82) is 0 Å². The third kappa shape index (κ3) is 4.05. The van der Waals surface area contributed by atoms with E-state index in [9.17, 15) is 18.0 Å². The fourth-order valence-electron chi connectivity index (χ4n) is 1.47. The monoisotopic (exact) mass is 309 g/mol. The molecule has 0 aliphatic carbocycles. The molecule has 0 radical (unpaired) electrons. The second kappa shape index (κ2) is 6.25. The Kier molecular flexibility index (Phi) is 4.40. The minimum atomic E-state index is -4.46. The van der Waals surface area contributed by atoms with Gasteiger partial charge in [-0.15, -0.1) is 0 Å². The first-order chi connectivity index (χ1) is 10.4. The minimum Gasteiger partial charge on any atom is -0.437 e. The first-order valence-electron chi connectivity index (χ1n) is 5.98. The largest absolute Gasteiger partial charge is 0.437 e. The molecule has 5 nitrogen and oxygen atoms in total. The Hall–Kier alpha value is -2.90. The van der Waals surface area contributed by atoms with Gasteiger partial charge >= 0.3 is 6.18 Å². The Bertz CT molecular complexity index is 684. The van der Waals surface area contributed by atoms with Crippen molar-refractivity contribution >= 4 is 11.6 Å². The average Bonchev–Trinajstić information content (AvgIpc) is 2.47. The second-order valence-corrected chi connectivity index (χ2v) is 4.09. The molecule has 0 saturated heterocycles. The number of hydrogen-bond donors (Lipinski definition) is 1. The molecule has 0 spiro atoms. The molecule has 0 fully saturated rings. The number of pyridine rings is 2. The normalized spacial score (nSPS) is 10.9. The summed E-state index contributed by atoms with van der Waals surface area (Å²) in [5.74, 6) is -0.234. The molecule has 2 heterocycles. The Morgan fingerprint density at radius 3 is 2.64 bits per heavy atom. The molecule has 0 unspecified atom stereocenters. The molecule has 0 saturated carbocycles. The Labute approximate surface area is 123 Å². The minimum absolute atomic E-state index is 0.0259. The molecule has 0 atom stereocenters. The molecule has 0 aromatic carbocycles. The van der Waals surface area contributed by atoms with Crippen LogP contribution < -0.4 is 10.1 Å². The SMILES string of the molecule is C=CC(=O)Nc1cncc(Oc2ccc(C(F)(F)F)cn2)c1. The number of alkyl halides is 3. The van der Waals surface area contributed by atoms with Gasteiger partial charge in [0.2, 0.25) is 11.8 Å². The first-order valence-corrected chi connectivity index (χ1v) is 5.98. The fraction of sp³-hybridized carbons (Fsp3) is 0.0714. The Morgan fingerprint density at radius 1 is 1.27 bits per heavy atom. The lowest BCUT2D eigenvalue weighted by molar-refractivity contribution is -0.137. The number of ether oxygens (including phenoxy) is 1. The Balaban J connectivity index is 2.12. The molecule has 22 heavy (non-hydrogen) atoms. The van der Waals surface area contributed by atoms with Gasteiger partial charge in [-0.1, -0.05) is 6.58 Å². The van der Waals surface area contributed by atoms with Crippen molar-refractivity contribution in [2.45, 2.75) is 6.18 Å². The molecule has 2 rings (SSSR count). The maximum atomic E-state index is 12.4. The summed E-state index contributed by atoms with van der Waals surface area (Å²) in [6.45, 7) is 3.31. The summed E-state index contributed by atoms with van der Waals surface area (Å²) >= 11 is 0. The van der Waals surface area contributed by atoms with Crippen LogP contribution in [-0.4, -0.2) is 15.9 Å². The first kappa shape index (κ1) is 15.5. The van der Waals surface area contributed by atoms with Gasteiger partial charge < -0.3 is 10.1 Å².